The van der Waals surface area contributed by atoms with Crippen LogP contribution in [0.5, 0.6) is 0 Å². The molecule has 0 aliphatic rings. The summed E-state index contributed by atoms with van der Waals surface area (Å²) in [5.41, 5.74) is 0.744. The van der Waals surface area contributed by atoms with Crippen LogP contribution >= 0.6 is 0 Å². The van der Waals surface area contributed by atoms with E-state index in [2.05, 4.69) is 5.10 Å². The maximum absolute atomic E-state index is 13.3. The molecule has 0 fully saturated rings. The monoisotopic (exact) mass is 509 g/mol. The van der Waals surface area contributed by atoms with E-state index in [1.54, 1.807) is 63.5 Å². The molecule has 0 N–H and O–H groups in total. The fourth-order valence-electron chi connectivity index (χ4n) is 3.29. The van der Waals surface area contributed by atoms with Gasteiger partial charge in [-0.05, 0) is 49.0 Å². The number of aromatic nitrogens is 2. The van der Waals surface area contributed by atoms with Gasteiger partial charge in [-0.1, -0.05) is 43.3 Å². The van der Waals surface area contributed by atoms with E-state index < -0.39 is 34.2 Å². The normalized spacial score (nSPS) is 12.2. The lowest BCUT2D eigenvalue weighted by atomic mass is 10.0. The Morgan fingerprint density at radius 2 is 1.69 bits per heavy atom. The number of halogens is 3. The van der Waals surface area contributed by atoms with Gasteiger partial charge in [-0.15, -0.1) is 0 Å². The lowest BCUT2D eigenvalue weighted by molar-refractivity contribution is -0.146. The van der Waals surface area contributed by atoms with Crippen molar-refractivity contribution in [3.63, 3.8) is 0 Å². The van der Waals surface area contributed by atoms with Crippen molar-refractivity contribution in [3.05, 3.63) is 60.3 Å². The standard InChI is InChI=1S/C24H26F3N3O4S/c1-4-35(32,33)20-7-5-6-19(14-20)17-8-10-18(11-9-17)21-15-22(24(25,26)27)28-30(21)16-23(31)34-13-12-29(2)3/h5-11,14-15H,4,12-13,16H2,1-3H3. The third-order valence-electron chi connectivity index (χ3n) is 5.24. The molecule has 0 aliphatic heterocycles. The van der Waals surface area contributed by atoms with Crippen LogP contribution in [0.3, 0.4) is 0 Å². The lowest BCUT2D eigenvalue weighted by Gasteiger charge is -2.11. The molecule has 0 bridgehead atoms. The van der Waals surface area contributed by atoms with E-state index in [4.69, 9.17) is 4.74 Å². The molecule has 0 atom stereocenters. The number of carbonyl (C=O) groups is 1. The number of ether oxygens (including phenoxy) is 1. The van der Waals surface area contributed by atoms with Gasteiger partial charge in [0, 0.05) is 6.54 Å². The number of alkyl halides is 3. The van der Waals surface area contributed by atoms with Gasteiger partial charge >= 0.3 is 12.1 Å². The zero-order chi connectivity index (χ0) is 25.8. The third kappa shape index (κ3) is 6.70. The van der Waals surface area contributed by atoms with Gasteiger partial charge in [0.25, 0.3) is 0 Å². The van der Waals surface area contributed by atoms with Crippen molar-refractivity contribution in [2.75, 3.05) is 33.0 Å². The molecule has 11 heteroatoms. The molecule has 7 nitrogen and oxygen atoms in total. The average Bonchev–Trinajstić information content (AvgIpc) is 3.23. The minimum Gasteiger partial charge on any atom is -0.463 e. The molecule has 1 heterocycles. The van der Waals surface area contributed by atoms with Crippen molar-refractivity contribution in [1.82, 2.24) is 14.7 Å². The molecule has 0 spiro atoms. The third-order valence-corrected chi connectivity index (χ3v) is 6.97. The van der Waals surface area contributed by atoms with E-state index in [1.807, 2.05) is 4.90 Å². The fraction of sp³-hybridized carbons (Fsp3) is 0.333. The predicted molar refractivity (Wildman–Crippen MR) is 125 cm³/mol. The van der Waals surface area contributed by atoms with Gasteiger partial charge in [0.15, 0.2) is 15.5 Å². The Kier molecular flexibility index (Phi) is 8.01. The second-order valence-corrected chi connectivity index (χ2v) is 10.4. The highest BCUT2D eigenvalue weighted by molar-refractivity contribution is 7.91. The molecular weight excluding hydrogens is 483 g/mol. The fourth-order valence-corrected chi connectivity index (χ4v) is 4.21. The van der Waals surface area contributed by atoms with Crippen LogP contribution in [0.1, 0.15) is 12.6 Å². The number of hydrogen-bond donors (Lipinski definition) is 0. The molecule has 0 saturated heterocycles. The van der Waals surface area contributed by atoms with E-state index in [0.717, 1.165) is 10.7 Å². The van der Waals surface area contributed by atoms with Crippen molar-refractivity contribution >= 4 is 15.8 Å². The summed E-state index contributed by atoms with van der Waals surface area (Å²) in [6.45, 7) is 1.68. The van der Waals surface area contributed by atoms with Crippen LogP contribution in [0.15, 0.2) is 59.5 Å². The second kappa shape index (κ2) is 10.6. The molecule has 1 aromatic heterocycles. The summed E-state index contributed by atoms with van der Waals surface area (Å²) in [5.74, 6) is -0.728. The number of nitrogens with zero attached hydrogens (tertiary/aromatic N) is 3. The molecule has 35 heavy (non-hydrogen) atoms. The van der Waals surface area contributed by atoms with Gasteiger partial charge in [-0.2, -0.15) is 18.3 Å². The summed E-state index contributed by atoms with van der Waals surface area (Å²) >= 11 is 0. The van der Waals surface area contributed by atoms with Crippen molar-refractivity contribution in [1.29, 1.82) is 0 Å². The molecule has 0 amide bonds. The highest BCUT2D eigenvalue weighted by Crippen LogP contribution is 2.33. The number of rotatable bonds is 9. The molecule has 0 radical (unpaired) electrons. The summed E-state index contributed by atoms with van der Waals surface area (Å²) in [6, 6.07) is 13.9. The van der Waals surface area contributed by atoms with Crippen LogP contribution in [0, 0.1) is 0 Å². The van der Waals surface area contributed by atoms with Crippen molar-refractivity contribution in [2.45, 2.75) is 24.5 Å². The average molecular weight is 510 g/mol. The van der Waals surface area contributed by atoms with Gasteiger partial charge in [0.2, 0.25) is 0 Å². The summed E-state index contributed by atoms with van der Waals surface area (Å²) < 4.78 is 70.4. The van der Waals surface area contributed by atoms with Gasteiger partial charge < -0.3 is 9.64 Å². The Bertz CT molecular complexity index is 1280. The Hall–Kier alpha value is -3.18. The van der Waals surface area contributed by atoms with E-state index >= 15 is 0 Å². The quantitative estimate of drug-likeness (QED) is 0.404. The van der Waals surface area contributed by atoms with E-state index in [0.29, 0.717) is 23.2 Å². The molecule has 0 aliphatic carbocycles. The van der Waals surface area contributed by atoms with Crippen LogP contribution < -0.4 is 0 Å². The Morgan fingerprint density at radius 1 is 1.03 bits per heavy atom. The van der Waals surface area contributed by atoms with Crippen LogP contribution in [0.2, 0.25) is 0 Å². The molecule has 3 rings (SSSR count). The van der Waals surface area contributed by atoms with E-state index in [1.165, 1.54) is 6.07 Å². The zero-order valence-electron chi connectivity index (χ0n) is 19.5. The minimum atomic E-state index is -4.68. The molecule has 0 saturated carbocycles. The lowest BCUT2D eigenvalue weighted by Crippen LogP contribution is -2.22. The summed E-state index contributed by atoms with van der Waals surface area (Å²) in [5, 5.41) is 3.58. The Labute approximate surface area is 202 Å². The van der Waals surface area contributed by atoms with E-state index in [-0.39, 0.29) is 22.9 Å². The number of likely N-dealkylation sites (N-methyl/N-ethyl adjacent to an activating group) is 1. The van der Waals surface area contributed by atoms with Crippen LogP contribution in [-0.2, 0) is 32.1 Å². The number of hydrogen-bond acceptors (Lipinski definition) is 6. The number of esters is 1. The van der Waals surface area contributed by atoms with Gasteiger partial charge in [-0.25, -0.2) is 8.42 Å². The van der Waals surface area contributed by atoms with Crippen LogP contribution in [0.25, 0.3) is 22.4 Å². The first kappa shape index (κ1) is 26.4. The summed E-state index contributed by atoms with van der Waals surface area (Å²) in [7, 11) is 0.222. The highest BCUT2D eigenvalue weighted by Gasteiger charge is 2.35. The van der Waals surface area contributed by atoms with Crippen molar-refractivity contribution in [3.8, 4) is 22.4 Å². The highest BCUT2D eigenvalue weighted by atomic mass is 32.2. The van der Waals surface area contributed by atoms with Crippen molar-refractivity contribution < 1.29 is 31.1 Å². The first-order valence-corrected chi connectivity index (χ1v) is 12.4. The molecule has 188 valence electrons. The predicted octanol–water partition coefficient (Wildman–Crippen LogP) is 4.13. The van der Waals surface area contributed by atoms with Crippen molar-refractivity contribution in [2.24, 2.45) is 0 Å². The van der Waals surface area contributed by atoms with Gasteiger partial charge in [-0.3, -0.25) is 9.48 Å². The maximum Gasteiger partial charge on any atom is 0.435 e. The van der Waals surface area contributed by atoms with Crippen LogP contribution in [0.4, 0.5) is 13.2 Å². The number of benzene rings is 2. The summed E-state index contributed by atoms with van der Waals surface area (Å²) in [6.07, 6.45) is -4.68. The molecular formula is C24H26F3N3O4S. The minimum absolute atomic E-state index is 0.0293. The van der Waals surface area contributed by atoms with E-state index in [9.17, 15) is 26.4 Å². The Balaban J connectivity index is 1.90. The summed E-state index contributed by atoms with van der Waals surface area (Å²) in [4.78, 5) is 14.2. The maximum atomic E-state index is 13.3. The first-order chi connectivity index (χ1) is 16.4. The van der Waals surface area contributed by atoms with Crippen LogP contribution in [-0.4, -0.2) is 62.1 Å². The smallest absolute Gasteiger partial charge is 0.435 e. The van der Waals surface area contributed by atoms with Gasteiger partial charge in [0.1, 0.15) is 13.2 Å². The zero-order valence-corrected chi connectivity index (χ0v) is 20.4. The Morgan fingerprint density at radius 3 is 2.29 bits per heavy atom. The SMILES string of the molecule is CCS(=O)(=O)c1cccc(-c2ccc(-c3cc(C(F)(F)F)nn3CC(=O)OCCN(C)C)cc2)c1. The number of carbonyl (C=O) groups excluding carboxylic acids is 1. The topological polar surface area (TPSA) is 81.5 Å². The number of sulfone groups is 1. The molecule has 3 aromatic rings. The second-order valence-electron chi connectivity index (χ2n) is 8.10. The molecule has 2 aromatic carbocycles. The van der Waals surface area contributed by atoms with Gasteiger partial charge in [0.05, 0.1) is 16.3 Å². The first-order valence-electron chi connectivity index (χ1n) is 10.8. The molecule has 0 unspecified atom stereocenters. The largest absolute Gasteiger partial charge is 0.463 e.